The lowest BCUT2D eigenvalue weighted by Gasteiger charge is -2.13. The van der Waals surface area contributed by atoms with Gasteiger partial charge >= 0.3 is 11.9 Å². The third-order valence-corrected chi connectivity index (χ3v) is 7.58. The minimum atomic E-state index is -0.405. The molecule has 9 heteroatoms. The molecular weight excluding hydrogens is 576 g/mol. The molecule has 0 saturated heterocycles. The molecule has 0 spiro atoms. The van der Waals surface area contributed by atoms with Gasteiger partial charge in [-0.15, -0.1) is 0 Å². The standard InChI is InChI=1S/C36H42O9/c1-25(28-6-8-30-20-27(24-37)4-5-31(30)21-28)35(38)44-18-16-42-14-12-41-13-15-43-17-19-45-36(39)26(2)29-7-9-33-23-34(40-3)11-10-32(33)22-29/h4-11,20-23,25-26,37H,12-19,24H2,1-3H3. The number of benzene rings is 4. The zero-order chi connectivity index (χ0) is 32.0. The Labute approximate surface area is 263 Å². The van der Waals surface area contributed by atoms with Gasteiger partial charge in [-0.1, -0.05) is 54.6 Å². The van der Waals surface area contributed by atoms with E-state index in [-0.39, 0.29) is 45.0 Å². The van der Waals surface area contributed by atoms with Crippen molar-refractivity contribution in [3.05, 3.63) is 89.5 Å². The van der Waals surface area contributed by atoms with Crippen LogP contribution in [0.2, 0.25) is 0 Å². The summed E-state index contributed by atoms with van der Waals surface area (Å²) in [4.78, 5) is 25.0. The van der Waals surface area contributed by atoms with Gasteiger partial charge in [0.1, 0.15) is 19.0 Å². The second-order valence-electron chi connectivity index (χ2n) is 10.7. The minimum absolute atomic E-state index is 0.00506. The van der Waals surface area contributed by atoms with E-state index in [9.17, 15) is 14.7 Å². The molecule has 45 heavy (non-hydrogen) atoms. The number of ether oxygens (including phenoxy) is 6. The largest absolute Gasteiger partial charge is 0.497 e. The van der Waals surface area contributed by atoms with Crippen LogP contribution in [0.25, 0.3) is 21.5 Å². The Kier molecular flexibility index (Phi) is 13.1. The van der Waals surface area contributed by atoms with Crippen LogP contribution in [-0.4, -0.2) is 77.0 Å². The lowest BCUT2D eigenvalue weighted by Crippen LogP contribution is -2.18. The number of rotatable bonds is 18. The zero-order valence-electron chi connectivity index (χ0n) is 26.2. The Morgan fingerprint density at radius 3 is 1.49 bits per heavy atom. The first-order valence-electron chi connectivity index (χ1n) is 15.2. The number of hydrogen-bond donors (Lipinski definition) is 1. The molecule has 4 rings (SSSR count). The monoisotopic (exact) mass is 618 g/mol. The maximum Gasteiger partial charge on any atom is 0.313 e. The number of hydrogen-bond acceptors (Lipinski definition) is 9. The van der Waals surface area contributed by atoms with E-state index >= 15 is 0 Å². The number of methoxy groups -OCH3 is 1. The van der Waals surface area contributed by atoms with Gasteiger partial charge in [0.05, 0.1) is 65.2 Å². The summed E-state index contributed by atoms with van der Waals surface area (Å²) >= 11 is 0. The molecule has 0 bridgehead atoms. The topological polar surface area (TPSA) is 110 Å². The molecule has 0 aliphatic carbocycles. The van der Waals surface area contributed by atoms with Gasteiger partial charge in [-0.05, 0) is 70.3 Å². The lowest BCUT2D eigenvalue weighted by atomic mass is 9.97. The Morgan fingerprint density at radius 1 is 0.578 bits per heavy atom. The quantitative estimate of drug-likeness (QED) is 0.114. The van der Waals surface area contributed by atoms with Crippen molar-refractivity contribution in [1.29, 1.82) is 0 Å². The first-order valence-corrected chi connectivity index (χ1v) is 15.2. The highest BCUT2D eigenvalue weighted by molar-refractivity contribution is 5.87. The van der Waals surface area contributed by atoms with Crippen molar-refractivity contribution in [2.75, 3.05) is 60.0 Å². The highest BCUT2D eigenvalue weighted by Gasteiger charge is 2.18. The molecule has 0 radical (unpaired) electrons. The van der Waals surface area contributed by atoms with Gasteiger partial charge in [0.15, 0.2) is 0 Å². The van der Waals surface area contributed by atoms with E-state index < -0.39 is 11.8 Å². The second-order valence-corrected chi connectivity index (χ2v) is 10.7. The van der Waals surface area contributed by atoms with Crippen molar-refractivity contribution in [1.82, 2.24) is 0 Å². The molecule has 9 nitrogen and oxygen atoms in total. The molecular formula is C36H42O9. The maximum absolute atomic E-state index is 12.5. The summed E-state index contributed by atoms with van der Waals surface area (Å²) < 4.78 is 32.5. The number of esters is 2. The molecule has 4 aromatic carbocycles. The Hall–Kier alpha value is -4.02. The number of aliphatic hydroxyl groups excluding tert-OH is 1. The third kappa shape index (κ3) is 9.99. The van der Waals surface area contributed by atoms with Gasteiger partial charge in [0.25, 0.3) is 0 Å². The van der Waals surface area contributed by atoms with Gasteiger partial charge in [-0.2, -0.15) is 0 Å². The molecule has 1 N–H and O–H groups in total. The van der Waals surface area contributed by atoms with E-state index in [0.29, 0.717) is 26.4 Å². The predicted octanol–water partition coefficient (Wildman–Crippen LogP) is 5.54. The summed E-state index contributed by atoms with van der Waals surface area (Å²) in [6, 6.07) is 23.3. The molecule has 0 aliphatic heterocycles. The fourth-order valence-corrected chi connectivity index (χ4v) is 4.79. The van der Waals surface area contributed by atoms with Gasteiger partial charge in [0.2, 0.25) is 0 Å². The van der Waals surface area contributed by atoms with Crippen LogP contribution in [0.4, 0.5) is 0 Å². The van der Waals surface area contributed by atoms with Crippen LogP contribution in [0.5, 0.6) is 5.75 Å². The SMILES string of the molecule is COc1ccc2cc(C(C)C(=O)OCCOCCOCCOCCOC(=O)C(C)c3ccc4cc(CO)ccc4c3)ccc2c1. The van der Waals surface area contributed by atoms with E-state index in [2.05, 4.69) is 0 Å². The van der Waals surface area contributed by atoms with Crippen LogP contribution in [-0.2, 0) is 39.9 Å². The first-order chi connectivity index (χ1) is 21.9. The molecule has 0 heterocycles. The molecule has 0 amide bonds. The normalized spacial score (nSPS) is 12.6. The molecule has 4 aromatic rings. The van der Waals surface area contributed by atoms with Gasteiger partial charge in [-0.25, -0.2) is 0 Å². The highest BCUT2D eigenvalue weighted by Crippen LogP contribution is 2.26. The molecule has 0 aromatic heterocycles. The number of carbonyl (C=O) groups is 2. The van der Waals surface area contributed by atoms with Crippen molar-refractivity contribution in [3.63, 3.8) is 0 Å². The minimum Gasteiger partial charge on any atom is -0.497 e. The average Bonchev–Trinajstić information content (AvgIpc) is 3.08. The van der Waals surface area contributed by atoms with Crippen molar-refractivity contribution in [2.45, 2.75) is 32.3 Å². The second kappa shape index (κ2) is 17.5. The molecule has 240 valence electrons. The van der Waals surface area contributed by atoms with Crippen molar-refractivity contribution in [2.24, 2.45) is 0 Å². The van der Waals surface area contributed by atoms with Crippen LogP contribution < -0.4 is 4.74 Å². The van der Waals surface area contributed by atoms with Crippen LogP contribution in [0.3, 0.4) is 0 Å². The van der Waals surface area contributed by atoms with Crippen molar-refractivity contribution < 1.29 is 43.1 Å². The summed E-state index contributed by atoms with van der Waals surface area (Å²) in [6.07, 6.45) is 0. The van der Waals surface area contributed by atoms with E-state index in [1.165, 1.54) is 0 Å². The van der Waals surface area contributed by atoms with Gasteiger partial charge in [0, 0.05) is 0 Å². The summed E-state index contributed by atoms with van der Waals surface area (Å²) in [6.45, 7) is 6.03. The van der Waals surface area contributed by atoms with Crippen LogP contribution in [0, 0.1) is 0 Å². The predicted molar refractivity (Wildman–Crippen MR) is 172 cm³/mol. The molecule has 0 aliphatic rings. The smallest absolute Gasteiger partial charge is 0.313 e. The summed E-state index contributed by atoms with van der Waals surface area (Å²) in [5.74, 6) is -0.614. The van der Waals surface area contributed by atoms with Crippen molar-refractivity contribution in [3.8, 4) is 5.75 Å². The lowest BCUT2D eigenvalue weighted by molar-refractivity contribution is -0.147. The van der Waals surface area contributed by atoms with E-state index in [1.807, 2.05) is 86.6 Å². The number of fused-ring (bicyclic) bond motifs is 2. The number of carbonyl (C=O) groups excluding carboxylic acids is 2. The van der Waals surface area contributed by atoms with Crippen LogP contribution >= 0.6 is 0 Å². The van der Waals surface area contributed by atoms with E-state index in [1.54, 1.807) is 7.11 Å². The summed E-state index contributed by atoms with van der Waals surface area (Å²) in [5, 5.41) is 13.4. The zero-order valence-corrected chi connectivity index (χ0v) is 26.2. The van der Waals surface area contributed by atoms with Gasteiger partial charge in [-0.3, -0.25) is 9.59 Å². The molecule has 0 saturated carbocycles. The first kappa shape index (κ1) is 33.9. The van der Waals surface area contributed by atoms with Crippen LogP contribution in [0.15, 0.2) is 72.8 Å². The Bertz CT molecular complexity index is 1440. The fourth-order valence-electron chi connectivity index (χ4n) is 4.79. The van der Waals surface area contributed by atoms with Crippen molar-refractivity contribution >= 4 is 33.5 Å². The van der Waals surface area contributed by atoms with Crippen LogP contribution in [0.1, 0.15) is 42.4 Å². The Balaban J connectivity index is 0.997. The third-order valence-electron chi connectivity index (χ3n) is 7.58. The summed E-state index contributed by atoms with van der Waals surface area (Å²) in [7, 11) is 1.64. The fraction of sp³-hybridized carbons (Fsp3) is 0.389. The van der Waals surface area contributed by atoms with E-state index in [4.69, 9.17) is 28.4 Å². The molecule has 2 atom stereocenters. The van der Waals surface area contributed by atoms with E-state index in [0.717, 1.165) is 44.0 Å². The summed E-state index contributed by atoms with van der Waals surface area (Å²) in [5.41, 5.74) is 2.61. The highest BCUT2D eigenvalue weighted by atomic mass is 16.6. The van der Waals surface area contributed by atoms with Gasteiger partial charge < -0.3 is 33.5 Å². The average molecular weight is 619 g/mol. The molecule has 0 fully saturated rings. The Morgan fingerprint density at radius 2 is 1.00 bits per heavy atom. The maximum atomic E-state index is 12.5. The number of aliphatic hydroxyl groups is 1. The molecule has 2 unspecified atom stereocenters.